The van der Waals surface area contributed by atoms with Gasteiger partial charge in [0, 0.05) is 24.7 Å². The summed E-state index contributed by atoms with van der Waals surface area (Å²) in [6, 6.07) is 3.70. The van der Waals surface area contributed by atoms with Crippen LogP contribution in [-0.2, 0) is 22.4 Å². The van der Waals surface area contributed by atoms with Gasteiger partial charge in [-0.1, -0.05) is 6.07 Å². The molecule has 0 bridgehead atoms. The van der Waals surface area contributed by atoms with Crippen LogP contribution in [0.4, 0.5) is 0 Å². The van der Waals surface area contributed by atoms with Gasteiger partial charge in [-0.05, 0) is 18.6 Å². The average Bonchev–Trinajstić information content (AvgIpc) is 2.28. The largest absolute Gasteiger partial charge is 0.466 e. The molecule has 0 amide bonds. The lowest BCUT2D eigenvalue weighted by molar-refractivity contribution is -0.142. The Kier molecular flexibility index (Phi) is 5.07. The maximum absolute atomic E-state index is 11.3. The van der Waals surface area contributed by atoms with Crippen molar-refractivity contribution in [2.75, 3.05) is 6.61 Å². The fourth-order valence-corrected chi connectivity index (χ4v) is 1.42. The normalized spacial score (nSPS) is 9.50. The van der Waals surface area contributed by atoms with Gasteiger partial charge in [0.1, 0.15) is 0 Å². The molecule has 0 spiro atoms. The van der Waals surface area contributed by atoms with Gasteiger partial charge in [0.25, 0.3) is 0 Å². The van der Waals surface area contributed by atoms with Crippen LogP contribution >= 0.6 is 0 Å². The predicted octanol–water partition coefficient (Wildman–Crippen LogP) is 1.75. The van der Waals surface area contributed by atoms with E-state index in [1.807, 2.05) is 12.1 Å². The number of hydrogen-bond acceptors (Lipinski definition) is 3. The standard InChI is InChI=1S/C13H15NO2/c1-3-5-8-12-11(7-6-9-14-12)10-13(15)16-4-2/h1,6-7,9H,4-5,8,10H2,2H3. The van der Waals surface area contributed by atoms with E-state index in [0.29, 0.717) is 19.4 Å². The van der Waals surface area contributed by atoms with Gasteiger partial charge in [0.2, 0.25) is 0 Å². The van der Waals surface area contributed by atoms with E-state index in [9.17, 15) is 4.79 Å². The van der Waals surface area contributed by atoms with E-state index in [4.69, 9.17) is 11.2 Å². The molecule has 0 radical (unpaired) electrons. The van der Waals surface area contributed by atoms with Gasteiger partial charge in [-0.3, -0.25) is 9.78 Å². The Balaban J connectivity index is 2.71. The molecule has 0 aliphatic rings. The Hall–Kier alpha value is -1.82. The maximum atomic E-state index is 11.3. The van der Waals surface area contributed by atoms with Crippen LogP contribution in [0.3, 0.4) is 0 Å². The number of esters is 1. The topological polar surface area (TPSA) is 39.2 Å². The summed E-state index contributed by atoms with van der Waals surface area (Å²) in [4.78, 5) is 15.6. The van der Waals surface area contributed by atoms with Crippen molar-refractivity contribution in [3.8, 4) is 12.3 Å². The number of hydrogen-bond donors (Lipinski definition) is 0. The molecule has 0 N–H and O–H groups in total. The second kappa shape index (κ2) is 6.62. The zero-order valence-corrected chi connectivity index (χ0v) is 9.40. The first-order chi connectivity index (χ1) is 7.77. The molecule has 0 unspecified atom stereocenters. The molecule has 3 heteroatoms. The zero-order chi connectivity index (χ0) is 11.8. The highest BCUT2D eigenvalue weighted by Crippen LogP contribution is 2.09. The highest BCUT2D eigenvalue weighted by atomic mass is 16.5. The highest BCUT2D eigenvalue weighted by Gasteiger charge is 2.08. The smallest absolute Gasteiger partial charge is 0.310 e. The van der Waals surface area contributed by atoms with Gasteiger partial charge in [0.15, 0.2) is 0 Å². The third kappa shape index (κ3) is 3.74. The lowest BCUT2D eigenvalue weighted by Gasteiger charge is -2.06. The van der Waals surface area contributed by atoms with Crippen molar-refractivity contribution in [2.24, 2.45) is 0 Å². The van der Waals surface area contributed by atoms with Crippen LogP contribution in [0, 0.1) is 12.3 Å². The van der Waals surface area contributed by atoms with E-state index < -0.39 is 0 Å². The molecule has 16 heavy (non-hydrogen) atoms. The molecule has 1 aromatic rings. The van der Waals surface area contributed by atoms with E-state index in [-0.39, 0.29) is 12.4 Å². The van der Waals surface area contributed by atoms with Crippen molar-refractivity contribution < 1.29 is 9.53 Å². The SMILES string of the molecule is C#CCCc1ncccc1CC(=O)OCC. The highest BCUT2D eigenvalue weighted by molar-refractivity contribution is 5.72. The molecule has 1 rings (SSSR count). The lowest BCUT2D eigenvalue weighted by Crippen LogP contribution is -2.10. The minimum Gasteiger partial charge on any atom is -0.466 e. The van der Waals surface area contributed by atoms with Gasteiger partial charge in [-0.2, -0.15) is 0 Å². The summed E-state index contributed by atoms with van der Waals surface area (Å²) in [6.07, 6.45) is 8.51. The third-order valence-corrected chi connectivity index (χ3v) is 2.13. The molecule has 1 heterocycles. The molecule has 84 valence electrons. The fraction of sp³-hybridized carbons (Fsp3) is 0.385. The van der Waals surface area contributed by atoms with E-state index in [1.54, 1.807) is 13.1 Å². The second-order valence-corrected chi connectivity index (χ2v) is 3.30. The van der Waals surface area contributed by atoms with Crippen molar-refractivity contribution in [3.05, 3.63) is 29.6 Å². The van der Waals surface area contributed by atoms with Crippen LogP contribution in [-0.4, -0.2) is 17.6 Å². The first-order valence-electron chi connectivity index (χ1n) is 5.29. The summed E-state index contributed by atoms with van der Waals surface area (Å²) >= 11 is 0. The van der Waals surface area contributed by atoms with E-state index >= 15 is 0 Å². The number of aromatic nitrogens is 1. The number of nitrogens with zero attached hydrogens (tertiary/aromatic N) is 1. The first kappa shape index (κ1) is 12.3. The number of aryl methyl sites for hydroxylation is 1. The summed E-state index contributed by atoms with van der Waals surface area (Å²) in [6.45, 7) is 2.19. The number of carbonyl (C=O) groups excluding carboxylic acids is 1. The molecule has 0 aliphatic heterocycles. The Morgan fingerprint density at radius 1 is 1.62 bits per heavy atom. The molecule has 0 saturated heterocycles. The predicted molar refractivity (Wildman–Crippen MR) is 61.7 cm³/mol. The minimum absolute atomic E-state index is 0.225. The summed E-state index contributed by atoms with van der Waals surface area (Å²) in [5.41, 5.74) is 1.78. The summed E-state index contributed by atoms with van der Waals surface area (Å²) in [5, 5.41) is 0. The fourth-order valence-electron chi connectivity index (χ4n) is 1.42. The molecule has 0 saturated carbocycles. The zero-order valence-electron chi connectivity index (χ0n) is 9.40. The number of ether oxygens (including phenoxy) is 1. The lowest BCUT2D eigenvalue weighted by atomic mass is 10.1. The average molecular weight is 217 g/mol. The molecule has 3 nitrogen and oxygen atoms in total. The number of rotatable bonds is 5. The number of pyridine rings is 1. The Labute approximate surface area is 95.8 Å². The summed E-state index contributed by atoms with van der Waals surface area (Å²) < 4.78 is 4.90. The minimum atomic E-state index is -0.225. The van der Waals surface area contributed by atoms with Crippen molar-refractivity contribution in [3.63, 3.8) is 0 Å². The Bertz CT molecular complexity index is 393. The summed E-state index contributed by atoms with van der Waals surface area (Å²) in [7, 11) is 0. The van der Waals surface area contributed by atoms with Gasteiger partial charge in [0.05, 0.1) is 13.0 Å². The van der Waals surface area contributed by atoms with Crippen LogP contribution in [0.2, 0.25) is 0 Å². The summed E-state index contributed by atoms with van der Waals surface area (Å²) in [5.74, 6) is 2.34. The molecule has 0 atom stereocenters. The van der Waals surface area contributed by atoms with Crippen LogP contribution in [0.15, 0.2) is 18.3 Å². The van der Waals surface area contributed by atoms with Gasteiger partial charge >= 0.3 is 5.97 Å². The number of carbonyl (C=O) groups is 1. The molecule has 0 fully saturated rings. The maximum Gasteiger partial charge on any atom is 0.310 e. The van der Waals surface area contributed by atoms with Gasteiger partial charge in [-0.25, -0.2) is 0 Å². The first-order valence-corrected chi connectivity index (χ1v) is 5.29. The van der Waals surface area contributed by atoms with Crippen LogP contribution in [0.1, 0.15) is 24.6 Å². The molecular formula is C13H15NO2. The molecule has 0 aliphatic carbocycles. The Morgan fingerprint density at radius 2 is 2.44 bits per heavy atom. The monoisotopic (exact) mass is 217 g/mol. The van der Waals surface area contributed by atoms with Crippen LogP contribution < -0.4 is 0 Å². The van der Waals surface area contributed by atoms with Gasteiger partial charge in [-0.15, -0.1) is 12.3 Å². The van der Waals surface area contributed by atoms with Crippen molar-refractivity contribution in [2.45, 2.75) is 26.2 Å². The molecular weight excluding hydrogens is 202 g/mol. The van der Waals surface area contributed by atoms with Crippen LogP contribution in [0.25, 0.3) is 0 Å². The van der Waals surface area contributed by atoms with Crippen molar-refractivity contribution in [1.29, 1.82) is 0 Å². The third-order valence-electron chi connectivity index (χ3n) is 2.13. The van der Waals surface area contributed by atoms with Gasteiger partial charge < -0.3 is 4.74 Å². The Morgan fingerprint density at radius 3 is 3.12 bits per heavy atom. The molecule has 1 aromatic heterocycles. The van der Waals surface area contributed by atoms with Crippen molar-refractivity contribution >= 4 is 5.97 Å². The van der Waals surface area contributed by atoms with Crippen molar-refractivity contribution in [1.82, 2.24) is 4.98 Å². The van der Waals surface area contributed by atoms with E-state index in [0.717, 1.165) is 11.3 Å². The van der Waals surface area contributed by atoms with Crippen LogP contribution in [0.5, 0.6) is 0 Å². The quantitative estimate of drug-likeness (QED) is 0.557. The second-order valence-electron chi connectivity index (χ2n) is 3.30. The van der Waals surface area contributed by atoms with E-state index in [2.05, 4.69) is 10.9 Å². The van der Waals surface area contributed by atoms with E-state index in [1.165, 1.54) is 0 Å². The number of terminal acetylenes is 1. The molecule has 0 aromatic carbocycles.